The van der Waals surface area contributed by atoms with Crippen molar-refractivity contribution in [2.75, 3.05) is 19.8 Å². The lowest BCUT2D eigenvalue weighted by atomic mass is 10.3. The van der Waals surface area contributed by atoms with Crippen LogP contribution in [0.15, 0.2) is 0 Å². The van der Waals surface area contributed by atoms with Crippen LogP contribution in [0.3, 0.4) is 0 Å². The largest absolute Gasteiger partial charge is 0.394 e. The van der Waals surface area contributed by atoms with E-state index in [9.17, 15) is 4.79 Å². The molecule has 2 saturated heterocycles. The molecule has 1 unspecified atom stereocenters. The Labute approximate surface area is 57.8 Å². The maximum Gasteiger partial charge on any atom is 0.394 e. The van der Waals surface area contributed by atoms with E-state index in [0.29, 0.717) is 13.2 Å². The van der Waals surface area contributed by atoms with Crippen LogP contribution in [0, 0.1) is 0 Å². The topological polar surface area (TPSA) is 55.4 Å². The van der Waals surface area contributed by atoms with E-state index in [0.717, 1.165) is 6.54 Å². The Kier molecular flexibility index (Phi) is 1.33. The van der Waals surface area contributed by atoms with Crippen molar-refractivity contribution in [2.45, 2.75) is 6.04 Å². The summed E-state index contributed by atoms with van der Waals surface area (Å²) in [7, 11) is 0. The van der Waals surface area contributed by atoms with Gasteiger partial charge in [-0.15, -0.1) is 0 Å². The number of quaternary nitrogens is 1. The molecule has 0 amide bonds. The predicted molar refractivity (Wildman–Crippen MR) is 29.3 cm³/mol. The summed E-state index contributed by atoms with van der Waals surface area (Å²) in [4.78, 5) is 15.5. The van der Waals surface area contributed by atoms with Gasteiger partial charge in [-0.2, -0.15) is 0 Å². The fraction of sp³-hybridized carbons (Fsp3) is 0.800. The summed E-state index contributed by atoms with van der Waals surface area (Å²) in [5, 5.41) is 1.87. The zero-order valence-electron chi connectivity index (χ0n) is 5.45. The molecule has 5 nitrogen and oxygen atoms in total. The van der Waals surface area contributed by atoms with E-state index >= 15 is 0 Å². The van der Waals surface area contributed by atoms with Gasteiger partial charge in [0.25, 0.3) is 0 Å². The SMILES string of the molecule is O=C1O[NH2+]N2CCOCC12. The van der Waals surface area contributed by atoms with Crippen LogP contribution in [0.1, 0.15) is 0 Å². The van der Waals surface area contributed by atoms with E-state index in [1.807, 2.05) is 5.01 Å². The van der Waals surface area contributed by atoms with Crippen LogP contribution in [-0.4, -0.2) is 36.8 Å². The highest BCUT2D eigenvalue weighted by Crippen LogP contribution is 2.04. The maximum absolute atomic E-state index is 10.8. The van der Waals surface area contributed by atoms with Crippen LogP contribution in [0.2, 0.25) is 0 Å². The lowest BCUT2D eigenvalue weighted by Gasteiger charge is -2.19. The minimum absolute atomic E-state index is 0.172. The van der Waals surface area contributed by atoms with Crippen LogP contribution >= 0.6 is 0 Å². The van der Waals surface area contributed by atoms with E-state index < -0.39 is 0 Å². The first kappa shape index (κ1) is 6.09. The molecule has 0 aromatic heterocycles. The summed E-state index contributed by atoms with van der Waals surface area (Å²) in [5.41, 5.74) is 1.48. The van der Waals surface area contributed by atoms with Crippen molar-refractivity contribution >= 4 is 5.97 Å². The van der Waals surface area contributed by atoms with Crippen molar-refractivity contribution in [3.05, 3.63) is 0 Å². The minimum Gasteiger partial charge on any atom is -0.377 e. The van der Waals surface area contributed by atoms with Crippen molar-refractivity contribution in [1.29, 1.82) is 0 Å². The minimum atomic E-state index is -0.195. The fourth-order valence-electron chi connectivity index (χ4n) is 1.14. The molecule has 0 spiro atoms. The average Bonchev–Trinajstić information content (AvgIpc) is 2.34. The molecular formula is C5H9N2O3+. The van der Waals surface area contributed by atoms with Gasteiger partial charge in [0.1, 0.15) is 0 Å². The Morgan fingerprint density at radius 3 is 3.40 bits per heavy atom. The number of nitrogens with two attached hydrogens (primary N) is 1. The molecule has 2 rings (SSSR count). The number of hydrogen-bond donors (Lipinski definition) is 1. The van der Waals surface area contributed by atoms with Crippen molar-refractivity contribution in [1.82, 2.24) is 5.01 Å². The van der Waals surface area contributed by atoms with Crippen LogP contribution in [-0.2, 0) is 14.4 Å². The molecule has 0 saturated carbocycles. The van der Waals surface area contributed by atoms with Gasteiger partial charge in [-0.1, -0.05) is 10.6 Å². The summed E-state index contributed by atoms with van der Waals surface area (Å²) in [6, 6.07) is -0.172. The average molecular weight is 145 g/mol. The first-order valence-corrected chi connectivity index (χ1v) is 3.25. The normalized spacial score (nSPS) is 33.6. The second kappa shape index (κ2) is 2.19. The molecule has 10 heavy (non-hydrogen) atoms. The van der Waals surface area contributed by atoms with E-state index in [1.54, 1.807) is 0 Å². The highest BCUT2D eigenvalue weighted by atomic mass is 16.7. The first-order chi connectivity index (χ1) is 4.88. The lowest BCUT2D eigenvalue weighted by molar-refractivity contribution is -0.966. The standard InChI is InChI=1S/C5H8N2O3/c8-5-4-3-9-2-1-7(4)6-10-5/h4,6H,1-3H2/p+1. The highest BCUT2D eigenvalue weighted by Gasteiger charge is 2.41. The number of carbonyl (C=O) groups excluding carboxylic acids is 1. The number of ether oxygens (including phenoxy) is 1. The zero-order valence-corrected chi connectivity index (χ0v) is 5.45. The van der Waals surface area contributed by atoms with Crippen molar-refractivity contribution in [3.63, 3.8) is 0 Å². The molecule has 5 heteroatoms. The summed E-state index contributed by atoms with van der Waals surface area (Å²) in [6.45, 7) is 1.91. The van der Waals surface area contributed by atoms with Gasteiger partial charge in [-0.25, -0.2) is 4.79 Å². The quantitative estimate of drug-likeness (QED) is 0.387. The van der Waals surface area contributed by atoms with Gasteiger partial charge >= 0.3 is 5.97 Å². The maximum atomic E-state index is 10.8. The number of carbonyl (C=O) groups is 1. The van der Waals surface area contributed by atoms with Gasteiger partial charge in [0, 0.05) is 0 Å². The Morgan fingerprint density at radius 1 is 1.70 bits per heavy atom. The smallest absolute Gasteiger partial charge is 0.377 e. The van der Waals surface area contributed by atoms with Gasteiger partial charge < -0.3 is 4.74 Å². The van der Waals surface area contributed by atoms with Gasteiger partial charge in [0.15, 0.2) is 6.04 Å². The Hall–Kier alpha value is -0.650. The molecule has 1 atom stereocenters. The first-order valence-electron chi connectivity index (χ1n) is 3.25. The van der Waals surface area contributed by atoms with Gasteiger partial charge in [-0.05, 0) is 0 Å². The second-order valence-electron chi connectivity index (χ2n) is 2.37. The van der Waals surface area contributed by atoms with Gasteiger partial charge in [-0.3, -0.25) is 4.84 Å². The van der Waals surface area contributed by atoms with Crippen LogP contribution in [0.5, 0.6) is 0 Å². The molecule has 2 fully saturated rings. The molecule has 0 aromatic rings. The Morgan fingerprint density at radius 2 is 2.60 bits per heavy atom. The molecule has 0 aromatic carbocycles. The van der Waals surface area contributed by atoms with Crippen LogP contribution in [0.25, 0.3) is 0 Å². The molecule has 2 aliphatic rings. The molecule has 2 heterocycles. The van der Waals surface area contributed by atoms with Crippen molar-refractivity contribution in [2.24, 2.45) is 0 Å². The third-order valence-corrected chi connectivity index (χ3v) is 1.75. The number of nitrogens with zero attached hydrogens (tertiary/aromatic N) is 1. The van der Waals surface area contributed by atoms with E-state index in [1.165, 1.54) is 5.59 Å². The second-order valence-corrected chi connectivity index (χ2v) is 2.37. The lowest BCUT2D eigenvalue weighted by Crippen LogP contribution is -2.90. The number of rotatable bonds is 0. The van der Waals surface area contributed by atoms with Gasteiger partial charge in [0.05, 0.1) is 19.8 Å². The molecule has 0 bridgehead atoms. The van der Waals surface area contributed by atoms with E-state index in [4.69, 9.17) is 4.74 Å². The Balaban J connectivity index is 2.08. The molecule has 0 radical (unpaired) electrons. The summed E-state index contributed by atoms with van der Waals surface area (Å²) < 4.78 is 5.09. The number of hydrogen-bond acceptors (Lipinski definition) is 4. The van der Waals surface area contributed by atoms with E-state index in [2.05, 4.69) is 4.84 Å². The van der Waals surface area contributed by atoms with Crippen LogP contribution < -0.4 is 5.59 Å². The number of fused-ring (bicyclic) bond motifs is 1. The predicted octanol–water partition coefficient (Wildman–Crippen LogP) is -2.36. The molecular weight excluding hydrogens is 136 g/mol. The highest BCUT2D eigenvalue weighted by molar-refractivity contribution is 5.75. The summed E-state index contributed by atoms with van der Waals surface area (Å²) in [6.07, 6.45) is 0. The molecule has 0 aliphatic carbocycles. The number of morpholine rings is 1. The molecule has 2 N–H and O–H groups in total. The van der Waals surface area contributed by atoms with Crippen LogP contribution in [0.4, 0.5) is 0 Å². The summed E-state index contributed by atoms with van der Waals surface area (Å²) in [5.74, 6) is -0.195. The van der Waals surface area contributed by atoms with Crippen molar-refractivity contribution < 1.29 is 20.0 Å². The molecule has 56 valence electrons. The van der Waals surface area contributed by atoms with E-state index in [-0.39, 0.29) is 12.0 Å². The Bertz CT molecular complexity index is 161. The van der Waals surface area contributed by atoms with Gasteiger partial charge in [0.2, 0.25) is 0 Å². The molecule has 2 aliphatic heterocycles. The summed E-state index contributed by atoms with van der Waals surface area (Å²) >= 11 is 0. The third-order valence-electron chi connectivity index (χ3n) is 1.75. The van der Waals surface area contributed by atoms with Crippen molar-refractivity contribution in [3.8, 4) is 0 Å². The monoisotopic (exact) mass is 145 g/mol. The zero-order chi connectivity index (χ0) is 6.97. The fourth-order valence-corrected chi connectivity index (χ4v) is 1.14. The third kappa shape index (κ3) is 0.792.